The van der Waals surface area contributed by atoms with Gasteiger partial charge in [-0.3, -0.25) is 0 Å². The van der Waals surface area contributed by atoms with Crippen molar-refractivity contribution >= 4 is 19.8 Å². The Morgan fingerprint density at radius 3 is 0.842 bits per heavy atom. The van der Waals surface area contributed by atoms with Crippen LogP contribution in [0.3, 0.4) is 0 Å². The fourth-order valence-electron chi connectivity index (χ4n) is 2.03. The number of hydrogen-bond donors (Lipinski definition) is 0. The Hall–Kier alpha value is 0.799. The van der Waals surface area contributed by atoms with Crippen LogP contribution < -0.4 is 0 Å². The molecule has 0 nitrogen and oxygen atoms in total. The van der Waals surface area contributed by atoms with Crippen LogP contribution in [0, 0.1) is 16.2 Å². The summed E-state index contributed by atoms with van der Waals surface area (Å²) in [5.74, 6) is 0. The van der Waals surface area contributed by atoms with Gasteiger partial charge in [0.25, 0.3) is 0 Å². The predicted molar refractivity (Wildman–Crippen MR) is 92.4 cm³/mol. The Kier molecular flexibility index (Phi) is 8.03. The van der Waals surface area contributed by atoms with Crippen molar-refractivity contribution in [1.29, 1.82) is 0 Å². The van der Waals surface area contributed by atoms with Crippen LogP contribution in [0.25, 0.3) is 0 Å². The van der Waals surface area contributed by atoms with Crippen LogP contribution in [0.15, 0.2) is 0 Å². The van der Waals surface area contributed by atoms with Crippen LogP contribution >= 0.6 is 0 Å². The molecule has 0 saturated carbocycles. The van der Waals surface area contributed by atoms with E-state index in [0.717, 1.165) is 0 Å². The van der Waals surface area contributed by atoms with Gasteiger partial charge in [-0.25, -0.2) is 0 Å². The molecular weight excluding hydrogens is 335 g/mol. The molecule has 1 heteroatoms. The van der Waals surface area contributed by atoms with Gasteiger partial charge in [0, 0.05) is 0 Å². The summed E-state index contributed by atoms with van der Waals surface area (Å²) in [6.45, 7) is 21.6. The second-order valence-electron chi connectivity index (χ2n) is 9.93. The van der Waals surface area contributed by atoms with Gasteiger partial charge >= 0.3 is 131 Å². The Morgan fingerprint density at radius 2 is 0.684 bits per heavy atom. The zero-order valence-corrected chi connectivity index (χ0v) is 18.1. The van der Waals surface area contributed by atoms with Crippen LogP contribution in [0.2, 0.25) is 13.3 Å². The fraction of sp³-hybridized carbons (Fsp3) is 1.00. The number of rotatable bonds is 6. The van der Waals surface area contributed by atoms with Gasteiger partial charge in [-0.2, -0.15) is 0 Å². The van der Waals surface area contributed by atoms with Gasteiger partial charge in [-0.05, 0) is 0 Å². The molecule has 0 fully saturated rings. The zero-order chi connectivity index (χ0) is 15.3. The summed E-state index contributed by atoms with van der Waals surface area (Å²) in [5, 5.41) is 0. The third-order valence-electron chi connectivity index (χ3n) is 3.69. The average Bonchev–Trinajstić information content (AvgIpc) is 2.11. The maximum absolute atomic E-state index is 2.40. The minimum atomic E-state index is -1.14. The second-order valence-corrected chi connectivity index (χ2v) is 18.5. The Labute approximate surface area is 130 Å². The molecule has 0 aliphatic rings. The second kappa shape index (κ2) is 7.71. The molecule has 0 spiro atoms. The summed E-state index contributed by atoms with van der Waals surface area (Å²) in [5.41, 5.74) is 1.61. The van der Waals surface area contributed by atoms with Gasteiger partial charge in [0.1, 0.15) is 0 Å². The molecule has 0 N–H and O–H groups in total. The molecule has 1 radical (unpaired) electrons. The minimum absolute atomic E-state index is 0.537. The Balaban J connectivity index is 4.30. The van der Waals surface area contributed by atoms with Crippen molar-refractivity contribution in [1.82, 2.24) is 0 Å². The van der Waals surface area contributed by atoms with Gasteiger partial charge in [0.05, 0.1) is 0 Å². The van der Waals surface area contributed by atoms with Crippen LogP contribution in [0.1, 0.15) is 81.6 Å². The molecular formula is C18H39Sn. The van der Waals surface area contributed by atoms with E-state index < -0.39 is 19.8 Å². The summed E-state index contributed by atoms with van der Waals surface area (Å²) < 4.78 is 4.83. The molecule has 0 aliphatic heterocycles. The molecule has 19 heavy (non-hydrogen) atoms. The predicted octanol–water partition coefficient (Wildman–Crippen LogP) is 6.79. The van der Waals surface area contributed by atoms with E-state index in [1.165, 1.54) is 19.3 Å². The van der Waals surface area contributed by atoms with Crippen molar-refractivity contribution in [3.63, 3.8) is 0 Å². The van der Waals surface area contributed by atoms with Gasteiger partial charge in [-0.15, -0.1) is 0 Å². The van der Waals surface area contributed by atoms with Crippen molar-refractivity contribution < 1.29 is 0 Å². The molecule has 0 amide bonds. The summed E-state index contributed by atoms with van der Waals surface area (Å²) in [4.78, 5) is 0. The van der Waals surface area contributed by atoms with E-state index in [-0.39, 0.29) is 0 Å². The van der Waals surface area contributed by atoms with Gasteiger partial charge in [-0.1, -0.05) is 0 Å². The zero-order valence-electron chi connectivity index (χ0n) is 15.2. The molecule has 0 aromatic rings. The van der Waals surface area contributed by atoms with E-state index >= 15 is 0 Å². The first kappa shape index (κ1) is 19.8. The molecule has 0 aliphatic carbocycles. The first-order valence-corrected chi connectivity index (χ1v) is 14.2. The Bertz CT molecular complexity index is 191. The van der Waals surface area contributed by atoms with E-state index in [1.54, 1.807) is 13.3 Å². The molecule has 0 heterocycles. The monoisotopic (exact) mass is 375 g/mol. The van der Waals surface area contributed by atoms with Crippen LogP contribution in [0.4, 0.5) is 0 Å². The van der Waals surface area contributed by atoms with Crippen LogP contribution in [0.5, 0.6) is 0 Å². The number of hydrogen-bond acceptors (Lipinski definition) is 0. The van der Waals surface area contributed by atoms with Crippen molar-refractivity contribution in [2.75, 3.05) is 0 Å². The maximum atomic E-state index is 2.40. The average molecular weight is 374 g/mol. The van der Waals surface area contributed by atoms with Gasteiger partial charge in [0.2, 0.25) is 0 Å². The molecule has 115 valence electrons. The van der Waals surface area contributed by atoms with Gasteiger partial charge < -0.3 is 0 Å². The Morgan fingerprint density at radius 1 is 0.474 bits per heavy atom. The molecule has 0 atom stereocenters. The first-order valence-electron chi connectivity index (χ1n) is 8.12. The van der Waals surface area contributed by atoms with Crippen LogP contribution in [-0.2, 0) is 0 Å². The van der Waals surface area contributed by atoms with Crippen molar-refractivity contribution in [2.45, 2.75) is 94.9 Å². The third-order valence-corrected chi connectivity index (χ3v) is 11.9. The molecule has 0 saturated heterocycles. The van der Waals surface area contributed by atoms with Crippen molar-refractivity contribution in [3.05, 3.63) is 0 Å². The van der Waals surface area contributed by atoms with E-state index in [1.807, 2.05) is 0 Å². The topological polar surface area (TPSA) is 0 Å². The summed E-state index contributed by atoms with van der Waals surface area (Å²) in [7, 11) is 0. The summed E-state index contributed by atoms with van der Waals surface area (Å²) in [6.07, 6.45) is 4.36. The molecule has 0 aromatic heterocycles. The van der Waals surface area contributed by atoms with Crippen molar-refractivity contribution in [2.24, 2.45) is 16.2 Å². The molecule has 0 unspecified atom stereocenters. The van der Waals surface area contributed by atoms with Crippen LogP contribution in [-0.4, -0.2) is 19.8 Å². The van der Waals surface area contributed by atoms with E-state index in [2.05, 4.69) is 62.3 Å². The molecule has 0 bridgehead atoms. The SMILES string of the molecule is CC(C)(C)C[CH2][Sn]([CH2]CC(C)(C)C)[CH2]CC(C)(C)C. The van der Waals surface area contributed by atoms with E-state index in [0.29, 0.717) is 16.2 Å². The first-order chi connectivity index (χ1) is 8.29. The quantitative estimate of drug-likeness (QED) is 0.449. The molecule has 0 aromatic carbocycles. The summed E-state index contributed by atoms with van der Waals surface area (Å²) >= 11 is -1.14. The van der Waals surface area contributed by atoms with Gasteiger partial charge in [0.15, 0.2) is 0 Å². The normalized spacial score (nSPS) is 14.2. The summed E-state index contributed by atoms with van der Waals surface area (Å²) in [6, 6.07) is 0. The standard InChI is InChI=1S/3C6H13.Sn/c3*1-5-6(2,3)4;/h3*1,5H2,2-4H3;. The third kappa shape index (κ3) is 15.0. The van der Waals surface area contributed by atoms with E-state index in [9.17, 15) is 0 Å². The van der Waals surface area contributed by atoms with Crippen molar-refractivity contribution in [3.8, 4) is 0 Å². The van der Waals surface area contributed by atoms with E-state index in [4.69, 9.17) is 0 Å². The molecule has 0 rings (SSSR count). The fourth-order valence-corrected chi connectivity index (χ4v) is 13.6.